The van der Waals surface area contributed by atoms with Gasteiger partial charge >= 0.3 is 0 Å². The normalized spacial score (nSPS) is 21.0. The Hall–Kier alpha value is -5.55. The van der Waals surface area contributed by atoms with Gasteiger partial charge in [0.1, 0.15) is 17.4 Å². The highest BCUT2D eigenvalue weighted by Gasteiger charge is 2.46. The molecule has 2 atom stereocenters. The molecule has 7 heterocycles. The molecule has 5 aliphatic rings. The summed E-state index contributed by atoms with van der Waals surface area (Å²) < 4.78 is 37.3. The van der Waals surface area contributed by atoms with Crippen molar-refractivity contribution in [1.29, 1.82) is 0 Å². The molecule has 0 aliphatic carbocycles. The lowest BCUT2D eigenvalue weighted by molar-refractivity contribution is -0.137. The first-order valence-corrected chi connectivity index (χ1v) is 27.8. The van der Waals surface area contributed by atoms with Crippen LogP contribution < -0.4 is 35.8 Å². The first-order valence-electron chi connectivity index (χ1n) is 24.9. The zero-order chi connectivity index (χ0) is 49.6. The third-order valence-corrected chi connectivity index (χ3v) is 19.2. The second-order valence-electron chi connectivity index (χ2n) is 19.6. The molecule has 5 aliphatic heterocycles. The number of rotatable bonds is 12. The predicted molar refractivity (Wildman–Crippen MR) is 278 cm³/mol. The maximum absolute atomic E-state index is 15.3. The number of pyridine rings is 1. The zero-order valence-corrected chi connectivity index (χ0v) is 42.9. The van der Waals surface area contributed by atoms with Crippen molar-refractivity contribution in [2.45, 2.75) is 77.2 Å². The first kappa shape index (κ1) is 49.0. The average Bonchev–Trinajstić information content (AvgIpc) is 4.05. The van der Waals surface area contributed by atoms with Gasteiger partial charge in [0.15, 0.2) is 18.6 Å². The molecule has 0 spiro atoms. The van der Waals surface area contributed by atoms with E-state index in [4.69, 9.17) is 14.7 Å². The van der Waals surface area contributed by atoms with Gasteiger partial charge in [-0.2, -0.15) is 4.98 Å². The Bertz CT molecular complexity index is 2850. The Morgan fingerprint density at radius 3 is 2.34 bits per heavy atom. The number of aromatic nitrogens is 3. The number of anilines is 6. The monoisotopic (exact) mass is 1050 g/mol. The van der Waals surface area contributed by atoms with Crippen molar-refractivity contribution in [2.75, 3.05) is 92.2 Å². The minimum absolute atomic E-state index is 0.0281. The van der Waals surface area contributed by atoms with Crippen LogP contribution in [0.1, 0.15) is 74.6 Å². The molecule has 15 nitrogen and oxygen atoms in total. The fourth-order valence-corrected chi connectivity index (χ4v) is 15.1. The van der Waals surface area contributed by atoms with Crippen LogP contribution in [0, 0.1) is 24.5 Å². The summed E-state index contributed by atoms with van der Waals surface area (Å²) in [6, 6.07) is 15.2. The van der Waals surface area contributed by atoms with E-state index >= 15 is 8.78 Å². The van der Waals surface area contributed by atoms with Gasteiger partial charge in [-0.15, -0.1) is 0 Å². The highest BCUT2D eigenvalue weighted by molar-refractivity contribution is 9.10. The lowest BCUT2D eigenvalue weighted by Crippen LogP contribution is -2.55. The molecule has 3 aromatic carbocycles. The lowest BCUT2D eigenvalue weighted by Gasteiger charge is -2.44. The molecule has 2 aromatic heterocycles. The number of nitrogens with zero attached hydrogens (tertiary/aromatic N) is 7. The number of carbonyl (C=O) groups excluding carboxylic acids is 3. The van der Waals surface area contributed by atoms with Crippen LogP contribution in [-0.2, 0) is 20.8 Å². The fraction of sp³-hybridized carbons (Fsp3) is 0.462. The van der Waals surface area contributed by atoms with Crippen molar-refractivity contribution in [1.82, 2.24) is 30.1 Å². The standard InChI is InChI=1S/C52H60BrF2N10O5P/c1-4-32-25-43(59-52-56-29-38(53)49(61-52)58-42-11-10-41-36(8-7-31(2)57-41)48(42)71(69)23-5-6-24-71)45(70-3)28-44(32)63-17-14-34(15-18-63)62-19-21-64(22-20-62)51(68)33-13-16-65(30-33)35-26-39(54)47(40(55)27-35)37-9-12-46(66)60-50(37)67/h7-8,10-11,25-29,33-34,37,69H,4-6,9,12-24,30H2,1-3H3,(H2-,56,58,59,60,61,66,67)/p+1. The number of fused-ring (bicyclic) bond motifs is 1. The summed E-state index contributed by atoms with van der Waals surface area (Å²) in [5.41, 5.74) is 5.75. The number of ether oxygens (including phenoxy) is 1. The molecule has 10 rings (SSSR count). The molecular formula is C52H61BrF2N10O5P+. The van der Waals surface area contributed by atoms with Gasteiger partial charge in [0, 0.05) is 105 Å². The summed E-state index contributed by atoms with van der Waals surface area (Å²) in [6.07, 6.45) is 8.78. The van der Waals surface area contributed by atoms with Crippen LogP contribution in [0.4, 0.5) is 43.3 Å². The minimum Gasteiger partial charge on any atom is -0.494 e. The van der Waals surface area contributed by atoms with Crippen LogP contribution in [0.25, 0.3) is 10.9 Å². The van der Waals surface area contributed by atoms with Crippen LogP contribution in [0.15, 0.2) is 59.2 Å². The van der Waals surface area contributed by atoms with E-state index in [2.05, 4.69) is 71.8 Å². The molecular weight excluding hydrogens is 994 g/mol. The van der Waals surface area contributed by atoms with Crippen molar-refractivity contribution >= 4 is 91.9 Å². The van der Waals surface area contributed by atoms with E-state index in [9.17, 15) is 19.3 Å². The Balaban J connectivity index is 0.747. The molecule has 3 amide bonds. The zero-order valence-electron chi connectivity index (χ0n) is 40.4. The summed E-state index contributed by atoms with van der Waals surface area (Å²) in [5.74, 6) is -2.37. The summed E-state index contributed by atoms with van der Waals surface area (Å²) >= 11 is 3.67. The highest BCUT2D eigenvalue weighted by atomic mass is 79.9. The van der Waals surface area contributed by atoms with Gasteiger partial charge in [-0.1, -0.05) is 6.92 Å². The van der Waals surface area contributed by atoms with Gasteiger partial charge in [-0.3, -0.25) is 29.6 Å². The van der Waals surface area contributed by atoms with Gasteiger partial charge in [-0.05, 0) is 116 Å². The third-order valence-electron chi connectivity index (χ3n) is 15.2. The number of nitrogens with one attached hydrogen (secondary N) is 3. The van der Waals surface area contributed by atoms with E-state index in [-0.39, 0.29) is 30.2 Å². The van der Waals surface area contributed by atoms with Gasteiger partial charge in [0.2, 0.25) is 23.7 Å². The molecule has 374 valence electrons. The molecule has 4 N–H and O–H groups in total. The smallest absolute Gasteiger partial charge is 0.234 e. The topological polar surface area (TPSA) is 168 Å². The molecule has 19 heteroatoms. The maximum atomic E-state index is 15.3. The quantitative estimate of drug-likeness (QED) is 0.0703. The van der Waals surface area contributed by atoms with E-state index in [0.29, 0.717) is 66.3 Å². The number of benzene rings is 3. The van der Waals surface area contributed by atoms with E-state index in [1.165, 1.54) is 17.7 Å². The minimum atomic E-state index is -2.40. The SMILES string of the molecule is CCc1cc(Nc2ncc(Br)c(Nc3ccc4nc(C)ccc4c3[P+]3(O)CCCC3)n2)c(OC)cc1N1CCC(N2CCN(C(=O)C3CCN(c4cc(F)c(C5CCC(=O)NC5=O)c(F)c4)C3)CC2)CC1. The number of carbonyl (C=O) groups is 3. The number of methoxy groups -OCH3 is 1. The number of piperazine rings is 1. The lowest BCUT2D eigenvalue weighted by atomic mass is 9.89. The van der Waals surface area contributed by atoms with Gasteiger partial charge in [-0.25, -0.2) is 18.7 Å². The predicted octanol–water partition coefficient (Wildman–Crippen LogP) is 7.94. The maximum Gasteiger partial charge on any atom is 0.234 e. The summed E-state index contributed by atoms with van der Waals surface area (Å²) in [5, 5.41) is 11.1. The molecule has 5 fully saturated rings. The second-order valence-corrected chi connectivity index (χ2v) is 23.6. The Morgan fingerprint density at radius 1 is 0.901 bits per heavy atom. The Labute approximate surface area is 421 Å². The molecule has 0 radical (unpaired) electrons. The Morgan fingerprint density at radius 2 is 1.63 bits per heavy atom. The summed E-state index contributed by atoms with van der Waals surface area (Å²) in [7, 11) is -0.731. The number of hydrogen-bond donors (Lipinski definition) is 4. The number of hydrogen-bond acceptors (Lipinski definition) is 13. The van der Waals surface area contributed by atoms with Crippen LogP contribution in [-0.4, -0.2) is 125 Å². The Kier molecular flexibility index (Phi) is 14.2. The van der Waals surface area contributed by atoms with E-state index in [0.717, 1.165) is 110 Å². The first-order chi connectivity index (χ1) is 34.3. The highest BCUT2D eigenvalue weighted by Crippen LogP contribution is 2.61. The van der Waals surface area contributed by atoms with E-state index in [1.807, 2.05) is 34.9 Å². The molecule has 71 heavy (non-hydrogen) atoms. The van der Waals surface area contributed by atoms with E-state index < -0.39 is 36.9 Å². The molecule has 0 bridgehead atoms. The number of aryl methyl sites for hydroxylation is 2. The average molecular weight is 1050 g/mol. The molecule has 5 aromatic rings. The number of halogens is 3. The van der Waals surface area contributed by atoms with Crippen LogP contribution >= 0.6 is 23.4 Å². The molecule has 0 saturated carbocycles. The van der Waals surface area contributed by atoms with Crippen LogP contribution in [0.2, 0.25) is 0 Å². The van der Waals surface area contributed by atoms with Crippen LogP contribution in [0.3, 0.4) is 0 Å². The van der Waals surface area contributed by atoms with Gasteiger partial charge < -0.3 is 30.1 Å². The van der Waals surface area contributed by atoms with Gasteiger partial charge in [0.05, 0.1) is 52.6 Å². The van der Waals surface area contributed by atoms with E-state index in [1.54, 1.807) is 13.3 Å². The van der Waals surface area contributed by atoms with Crippen molar-refractivity contribution in [3.05, 3.63) is 87.7 Å². The largest absolute Gasteiger partial charge is 0.494 e. The summed E-state index contributed by atoms with van der Waals surface area (Å²) in [6.45, 7) is 9.62. The second kappa shape index (κ2) is 20.5. The molecule has 2 unspecified atom stereocenters. The fourth-order valence-electron chi connectivity index (χ4n) is 11.4. The van der Waals surface area contributed by atoms with Gasteiger partial charge in [0.25, 0.3) is 0 Å². The number of amides is 3. The van der Waals surface area contributed by atoms with Crippen molar-refractivity contribution in [3.8, 4) is 5.75 Å². The number of imide groups is 1. The summed E-state index contributed by atoms with van der Waals surface area (Å²) in [4.78, 5) is 72.9. The van der Waals surface area contributed by atoms with Crippen molar-refractivity contribution in [2.24, 2.45) is 5.92 Å². The van der Waals surface area contributed by atoms with Crippen molar-refractivity contribution in [3.63, 3.8) is 0 Å². The van der Waals surface area contributed by atoms with Crippen molar-refractivity contribution < 1.29 is 32.8 Å². The molecule has 5 saturated heterocycles. The third kappa shape index (κ3) is 10.0. The van der Waals surface area contributed by atoms with Crippen LogP contribution in [0.5, 0.6) is 5.75 Å². The number of piperidine rings is 2.